The van der Waals surface area contributed by atoms with Gasteiger partial charge in [0.05, 0.1) is 12.5 Å². The fourth-order valence-electron chi connectivity index (χ4n) is 6.24. The molecule has 2 nitrogen and oxygen atoms in total. The minimum Gasteiger partial charge on any atom is -0.465 e. The van der Waals surface area contributed by atoms with Crippen molar-refractivity contribution in [3.63, 3.8) is 0 Å². The Morgan fingerprint density at radius 3 is 3.07 bits per heavy atom. The van der Waals surface area contributed by atoms with E-state index in [1.165, 1.54) is 5.75 Å². The largest absolute Gasteiger partial charge is 0.465 e. The summed E-state index contributed by atoms with van der Waals surface area (Å²) in [5, 5.41) is 1.01. The van der Waals surface area contributed by atoms with Crippen LogP contribution in [0.3, 0.4) is 0 Å². The van der Waals surface area contributed by atoms with Crippen LogP contribution in [0, 0.1) is 23.2 Å². The number of carbonyl (C=O) groups is 1. The fraction of sp³-hybridized carbons (Fsp3) is 0.909. The summed E-state index contributed by atoms with van der Waals surface area (Å²) >= 11 is 0. The molecule has 3 saturated heterocycles. The van der Waals surface area contributed by atoms with Crippen molar-refractivity contribution in [3.05, 3.63) is 0 Å². The van der Waals surface area contributed by atoms with Crippen molar-refractivity contribution in [3.8, 4) is 0 Å². The summed E-state index contributed by atoms with van der Waals surface area (Å²) in [6, 6.07) is 0. The van der Waals surface area contributed by atoms with E-state index in [-0.39, 0.29) is 16.0 Å². The number of fused-ring (bicyclic) bond motifs is 3. The lowest BCUT2D eigenvalue weighted by Gasteiger charge is -2.75. The highest BCUT2D eigenvalue weighted by Crippen LogP contribution is 3.11. The zero-order valence-corrected chi connectivity index (χ0v) is 9.26. The summed E-state index contributed by atoms with van der Waals surface area (Å²) in [5.41, 5.74) is 0.403. The second-order valence-corrected chi connectivity index (χ2v) is 9.97. The molecule has 0 aromatic heterocycles. The molecule has 76 valence electrons. The van der Waals surface area contributed by atoms with Gasteiger partial charge in [-0.05, 0) is 17.9 Å². The smallest absolute Gasteiger partial charge is 0.309 e. The predicted molar refractivity (Wildman–Crippen MR) is 54.4 cm³/mol. The molecule has 0 aromatic carbocycles. The standard InChI is InChI=1S/C11H14O2S/c1-10-5-3-13-9(12)7(10)6-4-14(2)8(5)11(6,10)14/h5-8H,3-4H2,1-2H3. The fourth-order valence-corrected chi connectivity index (χ4v) is 13.2. The molecular formula is C11H14O2S. The molecule has 2 aliphatic carbocycles. The third-order valence-corrected chi connectivity index (χ3v) is 11.6. The number of esters is 1. The van der Waals surface area contributed by atoms with E-state index in [2.05, 4.69) is 13.2 Å². The lowest BCUT2D eigenvalue weighted by Crippen LogP contribution is -2.81. The molecule has 7 unspecified atom stereocenters. The number of hydrogen-bond acceptors (Lipinski definition) is 2. The van der Waals surface area contributed by atoms with Crippen molar-refractivity contribution in [2.24, 2.45) is 23.2 Å². The lowest BCUT2D eigenvalue weighted by molar-refractivity contribution is -0.237. The molecule has 14 heavy (non-hydrogen) atoms. The predicted octanol–water partition coefficient (Wildman–Crippen LogP) is 0.994. The van der Waals surface area contributed by atoms with Crippen LogP contribution in [0.1, 0.15) is 6.92 Å². The monoisotopic (exact) mass is 210 g/mol. The quantitative estimate of drug-likeness (QED) is 0.440. The highest BCUT2D eigenvalue weighted by molar-refractivity contribution is 8.42. The van der Waals surface area contributed by atoms with Gasteiger partial charge in [0.25, 0.3) is 0 Å². The maximum Gasteiger partial charge on any atom is 0.309 e. The van der Waals surface area contributed by atoms with E-state index < -0.39 is 0 Å². The van der Waals surface area contributed by atoms with Crippen molar-refractivity contribution in [2.75, 3.05) is 18.6 Å². The molecule has 3 heteroatoms. The molecule has 5 rings (SSSR count). The molecule has 5 aliphatic rings. The Kier molecular flexibility index (Phi) is 0.713. The van der Waals surface area contributed by atoms with Crippen LogP contribution in [0.4, 0.5) is 0 Å². The van der Waals surface area contributed by atoms with Gasteiger partial charge in [-0.3, -0.25) is 4.79 Å². The highest BCUT2D eigenvalue weighted by atomic mass is 32.3. The molecule has 5 fully saturated rings. The Morgan fingerprint density at radius 1 is 1.50 bits per heavy atom. The van der Waals surface area contributed by atoms with Crippen LogP contribution >= 0.6 is 10.0 Å². The van der Waals surface area contributed by atoms with Crippen molar-refractivity contribution in [2.45, 2.75) is 16.9 Å². The highest BCUT2D eigenvalue weighted by Gasteiger charge is 3.06. The minimum atomic E-state index is -0.250. The Morgan fingerprint density at radius 2 is 2.29 bits per heavy atom. The van der Waals surface area contributed by atoms with Crippen LogP contribution in [-0.4, -0.2) is 34.6 Å². The van der Waals surface area contributed by atoms with Gasteiger partial charge in [0, 0.05) is 21.3 Å². The lowest BCUT2D eigenvalue weighted by atomic mass is 9.33. The van der Waals surface area contributed by atoms with Gasteiger partial charge >= 0.3 is 5.97 Å². The summed E-state index contributed by atoms with van der Waals surface area (Å²) in [6.45, 7) is 3.13. The second-order valence-electron chi connectivity index (χ2n) is 6.14. The van der Waals surface area contributed by atoms with Crippen LogP contribution in [0.5, 0.6) is 0 Å². The molecule has 3 heterocycles. The van der Waals surface area contributed by atoms with Crippen molar-refractivity contribution < 1.29 is 9.53 Å². The van der Waals surface area contributed by atoms with Gasteiger partial charge in [0.15, 0.2) is 0 Å². The molecular weight excluding hydrogens is 196 g/mol. The van der Waals surface area contributed by atoms with E-state index >= 15 is 0 Å². The number of carbonyl (C=O) groups excluding carboxylic acids is 1. The number of ether oxygens (including phenoxy) is 1. The number of rotatable bonds is 0. The van der Waals surface area contributed by atoms with Crippen LogP contribution in [0.25, 0.3) is 0 Å². The van der Waals surface area contributed by atoms with Gasteiger partial charge in [-0.2, -0.15) is 0 Å². The SMILES string of the molecule is CC12C3COC(=O)C1C1CS4(C)C3C124. The Bertz CT molecular complexity index is 422. The van der Waals surface area contributed by atoms with Crippen molar-refractivity contribution in [1.29, 1.82) is 0 Å². The Labute approximate surface area is 84.7 Å². The first-order valence-corrected chi connectivity index (χ1v) is 7.78. The Balaban J connectivity index is 1.76. The summed E-state index contributed by atoms with van der Waals surface area (Å²) < 4.78 is 6.05. The molecule has 2 saturated carbocycles. The van der Waals surface area contributed by atoms with Crippen LogP contribution < -0.4 is 0 Å². The van der Waals surface area contributed by atoms with Gasteiger partial charge < -0.3 is 4.74 Å². The number of hydrogen-bond donors (Lipinski definition) is 0. The van der Waals surface area contributed by atoms with E-state index in [9.17, 15) is 4.79 Å². The first kappa shape index (κ1) is 7.15. The summed E-state index contributed by atoms with van der Waals surface area (Å²) in [6.07, 6.45) is 2.53. The summed E-state index contributed by atoms with van der Waals surface area (Å²) in [7, 11) is -0.250. The van der Waals surface area contributed by atoms with Gasteiger partial charge in [-0.15, -0.1) is 0 Å². The molecule has 0 aromatic rings. The third kappa shape index (κ3) is 0.301. The maximum atomic E-state index is 11.7. The van der Waals surface area contributed by atoms with E-state index in [1.807, 2.05) is 0 Å². The van der Waals surface area contributed by atoms with Crippen LogP contribution in [0.2, 0.25) is 0 Å². The molecule has 3 aliphatic heterocycles. The van der Waals surface area contributed by atoms with Crippen LogP contribution in [-0.2, 0) is 9.53 Å². The maximum absolute atomic E-state index is 11.7. The molecule has 1 spiro atoms. The van der Waals surface area contributed by atoms with Gasteiger partial charge in [-0.1, -0.05) is 6.92 Å². The Hall–Kier alpha value is -0.180. The average Bonchev–Trinajstić information content (AvgIpc) is 2.56. The van der Waals surface area contributed by atoms with E-state index in [0.29, 0.717) is 11.3 Å². The van der Waals surface area contributed by atoms with Crippen molar-refractivity contribution >= 4 is 16.0 Å². The van der Waals surface area contributed by atoms with Crippen molar-refractivity contribution in [1.82, 2.24) is 0 Å². The zero-order chi connectivity index (χ0) is 9.51. The second kappa shape index (κ2) is 1.40. The molecule has 7 atom stereocenters. The van der Waals surface area contributed by atoms with Gasteiger partial charge in [0.2, 0.25) is 0 Å². The normalized spacial score (nSPS) is 84.3. The van der Waals surface area contributed by atoms with Gasteiger partial charge in [0.1, 0.15) is 0 Å². The first-order valence-electron chi connectivity index (χ1n) is 5.51. The van der Waals surface area contributed by atoms with Gasteiger partial charge in [-0.25, -0.2) is 10.0 Å². The molecule has 0 radical (unpaired) electrons. The van der Waals surface area contributed by atoms with E-state index in [0.717, 1.165) is 28.4 Å². The van der Waals surface area contributed by atoms with E-state index in [1.54, 1.807) is 0 Å². The van der Waals surface area contributed by atoms with E-state index in [4.69, 9.17) is 4.74 Å². The van der Waals surface area contributed by atoms with Crippen LogP contribution in [0.15, 0.2) is 0 Å². The minimum absolute atomic E-state index is 0.131. The summed E-state index contributed by atoms with van der Waals surface area (Å²) in [5.74, 6) is 3.33. The molecule has 0 amide bonds. The zero-order valence-electron chi connectivity index (χ0n) is 8.45. The third-order valence-electron chi connectivity index (χ3n) is 6.46. The number of cyclic esters (lactones) is 1. The first-order chi connectivity index (χ1) is 6.60. The molecule has 0 N–H and O–H groups in total. The average molecular weight is 210 g/mol. The summed E-state index contributed by atoms with van der Waals surface area (Å²) in [4.78, 5) is 11.7. The molecule has 0 bridgehead atoms. The topological polar surface area (TPSA) is 26.3 Å².